The predicted molar refractivity (Wildman–Crippen MR) is 83.0 cm³/mol. The zero-order valence-electron chi connectivity index (χ0n) is 12.9. The van der Waals surface area contributed by atoms with Crippen molar-refractivity contribution in [2.45, 2.75) is 45.1 Å². The first kappa shape index (κ1) is 16.9. The largest absolute Gasteiger partial charge is 0.353 e. The Bertz CT molecular complexity index is 632. The van der Waals surface area contributed by atoms with E-state index in [4.69, 9.17) is 0 Å². The molecule has 0 aromatic heterocycles. The van der Waals surface area contributed by atoms with Crippen LogP contribution in [0.15, 0.2) is 18.2 Å². The standard InChI is InChI=1S/C15H19N3O5/c1-10-4-2-3-5-13(10)16-15(19)8-11-6-7-12(17(20)21)9-14(11)18(22)23/h6-7,9-10,13H,2-5,8H2,1H3,(H,16,19). The summed E-state index contributed by atoms with van der Waals surface area (Å²) in [4.78, 5) is 32.5. The molecule has 1 aliphatic carbocycles. The van der Waals surface area contributed by atoms with E-state index in [1.165, 1.54) is 12.1 Å². The molecule has 1 aliphatic rings. The monoisotopic (exact) mass is 321 g/mol. The minimum atomic E-state index is -0.696. The second-order valence-corrected chi connectivity index (χ2v) is 5.94. The van der Waals surface area contributed by atoms with E-state index in [0.29, 0.717) is 5.92 Å². The molecule has 0 saturated heterocycles. The van der Waals surface area contributed by atoms with Crippen LogP contribution in [0.1, 0.15) is 38.2 Å². The van der Waals surface area contributed by atoms with E-state index in [-0.39, 0.29) is 29.6 Å². The van der Waals surface area contributed by atoms with Crippen molar-refractivity contribution in [1.82, 2.24) is 5.32 Å². The number of nitrogens with one attached hydrogen (secondary N) is 1. The molecule has 0 spiro atoms. The van der Waals surface area contributed by atoms with Crippen molar-refractivity contribution in [2.24, 2.45) is 5.92 Å². The number of non-ortho nitro benzene ring substituents is 1. The van der Waals surface area contributed by atoms with Crippen molar-refractivity contribution < 1.29 is 14.6 Å². The van der Waals surface area contributed by atoms with Gasteiger partial charge in [0.15, 0.2) is 0 Å². The summed E-state index contributed by atoms with van der Waals surface area (Å²) in [6, 6.07) is 3.44. The average Bonchev–Trinajstić information content (AvgIpc) is 2.49. The first-order valence-corrected chi connectivity index (χ1v) is 7.59. The Kier molecular flexibility index (Phi) is 5.25. The van der Waals surface area contributed by atoms with Gasteiger partial charge in [-0.15, -0.1) is 0 Å². The van der Waals surface area contributed by atoms with Crippen molar-refractivity contribution in [3.05, 3.63) is 44.0 Å². The van der Waals surface area contributed by atoms with Crippen LogP contribution >= 0.6 is 0 Å². The average molecular weight is 321 g/mol. The second-order valence-electron chi connectivity index (χ2n) is 5.94. The lowest BCUT2D eigenvalue weighted by Crippen LogP contribution is -2.41. The van der Waals surface area contributed by atoms with Gasteiger partial charge in [-0.1, -0.05) is 19.8 Å². The number of amides is 1. The lowest BCUT2D eigenvalue weighted by molar-refractivity contribution is -0.394. The van der Waals surface area contributed by atoms with E-state index in [0.717, 1.165) is 31.7 Å². The Hall–Kier alpha value is -2.51. The molecule has 2 atom stereocenters. The van der Waals surface area contributed by atoms with Crippen molar-refractivity contribution >= 4 is 17.3 Å². The highest BCUT2D eigenvalue weighted by molar-refractivity contribution is 5.80. The number of benzene rings is 1. The highest BCUT2D eigenvalue weighted by Gasteiger charge is 2.25. The molecule has 0 radical (unpaired) electrons. The highest BCUT2D eigenvalue weighted by Crippen LogP contribution is 2.26. The fourth-order valence-electron chi connectivity index (χ4n) is 2.95. The molecular formula is C15H19N3O5. The number of nitro benzene ring substituents is 2. The van der Waals surface area contributed by atoms with Gasteiger partial charge in [-0.3, -0.25) is 25.0 Å². The summed E-state index contributed by atoms with van der Waals surface area (Å²) in [5.74, 6) is 0.0975. The van der Waals surface area contributed by atoms with Gasteiger partial charge in [0.2, 0.25) is 5.91 Å². The molecule has 1 aromatic rings. The van der Waals surface area contributed by atoms with Crippen LogP contribution < -0.4 is 5.32 Å². The van der Waals surface area contributed by atoms with Gasteiger partial charge in [0, 0.05) is 17.7 Å². The van der Waals surface area contributed by atoms with Crippen LogP contribution in [0.25, 0.3) is 0 Å². The van der Waals surface area contributed by atoms with E-state index >= 15 is 0 Å². The Balaban J connectivity index is 2.10. The lowest BCUT2D eigenvalue weighted by Gasteiger charge is -2.29. The van der Waals surface area contributed by atoms with Crippen LogP contribution in [0.3, 0.4) is 0 Å². The summed E-state index contributed by atoms with van der Waals surface area (Å²) in [6.45, 7) is 2.08. The number of rotatable bonds is 5. The fraction of sp³-hybridized carbons (Fsp3) is 0.533. The lowest BCUT2D eigenvalue weighted by atomic mass is 9.86. The molecule has 8 nitrogen and oxygen atoms in total. The molecule has 0 aliphatic heterocycles. The number of hydrogen-bond acceptors (Lipinski definition) is 5. The molecule has 0 heterocycles. The number of carbonyl (C=O) groups excluding carboxylic acids is 1. The van der Waals surface area contributed by atoms with Crippen LogP contribution in [0.2, 0.25) is 0 Å². The number of hydrogen-bond donors (Lipinski definition) is 1. The summed E-state index contributed by atoms with van der Waals surface area (Å²) < 4.78 is 0. The van der Waals surface area contributed by atoms with Crippen molar-refractivity contribution in [2.75, 3.05) is 0 Å². The molecule has 1 amide bonds. The van der Waals surface area contributed by atoms with Crippen molar-refractivity contribution in [1.29, 1.82) is 0 Å². The normalized spacial score (nSPS) is 20.7. The van der Waals surface area contributed by atoms with E-state index < -0.39 is 15.5 Å². The Morgan fingerprint density at radius 2 is 1.91 bits per heavy atom. The number of nitro groups is 2. The highest BCUT2D eigenvalue weighted by atomic mass is 16.6. The van der Waals surface area contributed by atoms with Crippen LogP contribution in [-0.2, 0) is 11.2 Å². The van der Waals surface area contributed by atoms with Gasteiger partial charge in [-0.25, -0.2) is 0 Å². The minimum absolute atomic E-state index is 0.0911. The van der Waals surface area contributed by atoms with Crippen molar-refractivity contribution in [3.63, 3.8) is 0 Å². The third-order valence-corrected chi connectivity index (χ3v) is 4.29. The van der Waals surface area contributed by atoms with E-state index in [9.17, 15) is 25.0 Å². The molecule has 8 heteroatoms. The third kappa shape index (κ3) is 4.24. The van der Waals surface area contributed by atoms with Gasteiger partial charge in [0.05, 0.1) is 22.3 Å². The topological polar surface area (TPSA) is 115 Å². The molecule has 1 N–H and O–H groups in total. The Morgan fingerprint density at radius 3 is 2.52 bits per heavy atom. The van der Waals surface area contributed by atoms with E-state index in [1.807, 2.05) is 0 Å². The molecule has 124 valence electrons. The van der Waals surface area contributed by atoms with Gasteiger partial charge in [0.1, 0.15) is 0 Å². The van der Waals surface area contributed by atoms with Gasteiger partial charge in [-0.05, 0) is 24.8 Å². The molecular weight excluding hydrogens is 302 g/mol. The molecule has 1 aromatic carbocycles. The van der Waals surface area contributed by atoms with Crippen LogP contribution in [0.4, 0.5) is 11.4 Å². The zero-order valence-corrected chi connectivity index (χ0v) is 12.9. The summed E-state index contributed by atoms with van der Waals surface area (Å²) in [6.07, 6.45) is 4.03. The molecule has 1 saturated carbocycles. The summed E-state index contributed by atoms with van der Waals surface area (Å²) in [5.41, 5.74) is -0.575. The van der Waals surface area contributed by atoms with E-state index in [2.05, 4.69) is 12.2 Å². The predicted octanol–water partition coefficient (Wildman–Crippen LogP) is 2.74. The summed E-state index contributed by atoms with van der Waals surface area (Å²) in [7, 11) is 0. The molecule has 23 heavy (non-hydrogen) atoms. The van der Waals surface area contributed by atoms with Crippen LogP contribution in [0, 0.1) is 26.1 Å². The first-order valence-electron chi connectivity index (χ1n) is 7.59. The Morgan fingerprint density at radius 1 is 1.22 bits per heavy atom. The maximum Gasteiger partial charge on any atom is 0.279 e. The van der Waals surface area contributed by atoms with Crippen molar-refractivity contribution in [3.8, 4) is 0 Å². The maximum atomic E-state index is 12.2. The summed E-state index contributed by atoms with van der Waals surface area (Å²) in [5, 5.41) is 24.7. The quantitative estimate of drug-likeness (QED) is 0.661. The van der Waals surface area contributed by atoms with Gasteiger partial charge in [0.25, 0.3) is 11.4 Å². The fourth-order valence-corrected chi connectivity index (χ4v) is 2.95. The molecule has 0 bridgehead atoms. The van der Waals surface area contributed by atoms with Gasteiger partial charge in [-0.2, -0.15) is 0 Å². The third-order valence-electron chi connectivity index (χ3n) is 4.29. The molecule has 1 fully saturated rings. The summed E-state index contributed by atoms with van der Waals surface area (Å²) >= 11 is 0. The molecule has 2 unspecified atom stereocenters. The second kappa shape index (κ2) is 7.17. The van der Waals surface area contributed by atoms with Gasteiger partial charge >= 0.3 is 0 Å². The SMILES string of the molecule is CC1CCCCC1NC(=O)Cc1ccc([N+](=O)[O-])cc1[N+](=O)[O-]. The number of nitrogens with zero attached hydrogens (tertiary/aromatic N) is 2. The van der Waals surface area contributed by atoms with E-state index in [1.54, 1.807) is 0 Å². The Labute approximate surface area is 133 Å². The maximum absolute atomic E-state index is 12.2. The molecule has 2 rings (SSSR count). The van der Waals surface area contributed by atoms with Crippen LogP contribution in [-0.4, -0.2) is 21.8 Å². The first-order chi connectivity index (χ1) is 10.9. The smallest absolute Gasteiger partial charge is 0.279 e. The minimum Gasteiger partial charge on any atom is -0.353 e. The van der Waals surface area contributed by atoms with Crippen LogP contribution in [0.5, 0.6) is 0 Å². The zero-order chi connectivity index (χ0) is 17.0. The number of carbonyl (C=O) groups is 1. The van der Waals surface area contributed by atoms with Gasteiger partial charge < -0.3 is 5.32 Å².